The second-order valence-corrected chi connectivity index (χ2v) is 6.24. The summed E-state index contributed by atoms with van der Waals surface area (Å²) < 4.78 is 5.44. The van der Waals surface area contributed by atoms with Gasteiger partial charge < -0.3 is 15.4 Å². The van der Waals surface area contributed by atoms with Gasteiger partial charge in [-0.2, -0.15) is 0 Å². The van der Waals surface area contributed by atoms with Gasteiger partial charge in [-0.1, -0.05) is 12.1 Å². The number of carbonyl (C=O) groups excluding carboxylic acids is 1. The molecular weight excluding hydrogens is 334 g/mol. The van der Waals surface area contributed by atoms with E-state index >= 15 is 0 Å². The van der Waals surface area contributed by atoms with E-state index in [1.807, 2.05) is 60.8 Å². The molecule has 0 spiro atoms. The standard InChI is InChI=1S/C19H19N3O2S/c1-3-24-17-10-8-16(9-11-17)21-19-22-18(12-25-19)14-4-6-15(7-5-14)20-13(2)23/h4-12H,3H2,1-2H3,(H,20,23)(H,21,22). The van der Waals surface area contributed by atoms with Crippen molar-refractivity contribution in [3.05, 3.63) is 53.9 Å². The highest BCUT2D eigenvalue weighted by molar-refractivity contribution is 7.14. The molecule has 2 aromatic carbocycles. The summed E-state index contributed by atoms with van der Waals surface area (Å²) in [7, 11) is 0. The van der Waals surface area contributed by atoms with Crippen molar-refractivity contribution in [2.24, 2.45) is 0 Å². The Labute approximate surface area is 150 Å². The highest BCUT2D eigenvalue weighted by Gasteiger charge is 2.06. The molecule has 3 aromatic rings. The minimum absolute atomic E-state index is 0.0803. The molecule has 0 atom stereocenters. The van der Waals surface area contributed by atoms with E-state index in [0.29, 0.717) is 6.61 Å². The number of aromatic nitrogens is 1. The minimum Gasteiger partial charge on any atom is -0.494 e. The number of nitrogens with one attached hydrogen (secondary N) is 2. The quantitative estimate of drug-likeness (QED) is 0.661. The van der Waals surface area contributed by atoms with E-state index in [2.05, 4.69) is 15.6 Å². The number of benzene rings is 2. The molecule has 6 heteroatoms. The third-order valence-electron chi connectivity index (χ3n) is 3.42. The van der Waals surface area contributed by atoms with Gasteiger partial charge >= 0.3 is 0 Å². The van der Waals surface area contributed by atoms with Gasteiger partial charge in [0.15, 0.2) is 5.13 Å². The Morgan fingerprint density at radius 1 is 1.08 bits per heavy atom. The van der Waals surface area contributed by atoms with Gasteiger partial charge in [-0.05, 0) is 43.3 Å². The fraction of sp³-hybridized carbons (Fsp3) is 0.158. The molecule has 0 fully saturated rings. The fourth-order valence-corrected chi connectivity index (χ4v) is 3.06. The number of rotatable bonds is 6. The lowest BCUT2D eigenvalue weighted by atomic mass is 10.1. The molecule has 0 radical (unpaired) electrons. The Hall–Kier alpha value is -2.86. The van der Waals surface area contributed by atoms with Crippen LogP contribution in [0.15, 0.2) is 53.9 Å². The van der Waals surface area contributed by atoms with E-state index in [1.54, 1.807) is 11.3 Å². The molecule has 0 saturated carbocycles. The van der Waals surface area contributed by atoms with Crippen LogP contribution in [0.4, 0.5) is 16.5 Å². The zero-order chi connectivity index (χ0) is 17.6. The lowest BCUT2D eigenvalue weighted by Gasteiger charge is -2.05. The van der Waals surface area contributed by atoms with Crippen LogP contribution >= 0.6 is 11.3 Å². The monoisotopic (exact) mass is 353 g/mol. The van der Waals surface area contributed by atoms with Gasteiger partial charge in [0.05, 0.1) is 12.3 Å². The highest BCUT2D eigenvalue weighted by atomic mass is 32.1. The number of amides is 1. The van der Waals surface area contributed by atoms with Gasteiger partial charge in [0, 0.05) is 29.2 Å². The molecule has 128 valence electrons. The first-order valence-electron chi connectivity index (χ1n) is 7.97. The van der Waals surface area contributed by atoms with Gasteiger partial charge in [-0.15, -0.1) is 11.3 Å². The van der Waals surface area contributed by atoms with Crippen LogP contribution in [0.25, 0.3) is 11.3 Å². The van der Waals surface area contributed by atoms with E-state index in [9.17, 15) is 4.79 Å². The summed E-state index contributed by atoms with van der Waals surface area (Å²) in [6.45, 7) is 4.11. The summed E-state index contributed by atoms with van der Waals surface area (Å²) in [6.07, 6.45) is 0. The van der Waals surface area contributed by atoms with Crippen LogP contribution in [0.2, 0.25) is 0 Å². The second kappa shape index (κ2) is 7.81. The minimum atomic E-state index is -0.0803. The summed E-state index contributed by atoms with van der Waals surface area (Å²) >= 11 is 1.55. The van der Waals surface area contributed by atoms with Crippen molar-refractivity contribution in [3.63, 3.8) is 0 Å². The average Bonchev–Trinajstić information content (AvgIpc) is 3.05. The summed E-state index contributed by atoms with van der Waals surface area (Å²) in [6, 6.07) is 15.4. The van der Waals surface area contributed by atoms with Gasteiger partial charge in [-0.3, -0.25) is 4.79 Å². The van der Waals surface area contributed by atoms with Crippen LogP contribution in [0.3, 0.4) is 0 Å². The SMILES string of the molecule is CCOc1ccc(Nc2nc(-c3ccc(NC(C)=O)cc3)cs2)cc1. The van der Waals surface area contributed by atoms with E-state index in [0.717, 1.165) is 33.5 Å². The van der Waals surface area contributed by atoms with E-state index in [1.165, 1.54) is 6.92 Å². The maximum Gasteiger partial charge on any atom is 0.221 e. The van der Waals surface area contributed by atoms with Crippen molar-refractivity contribution >= 4 is 33.8 Å². The normalized spacial score (nSPS) is 10.3. The Morgan fingerprint density at radius 3 is 2.40 bits per heavy atom. The molecule has 0 saturated heterocycles. The number of thiazole rings is 1. The lowest BCUT2D eigenvalue weighted by molar-refractivity contribution is -0.114. The summed E-state index contributed by atoms with van der Waals surface area (Å²) in [5.74, 6) is 0.774. The first kappa shape index (κ1) is 17.0. The molecule has 1 amide bonds. The molecule has 2 N–H and O–H groups in total. The Balaban J connectivity index is 1.68. The van der Waals surface area contributed by atoms with Crippen molar-refractivity contribution in [3.8, 4) is 17.0 Å². The number of hydrogen-bond donors (Lipinski definition) is 2. The van der Waals surface area contributed by atoms with Crippen molar-refractivity contribution in [1.82, 2.24) is 4.98 Å². The van der Waals surface area contributed by atoms with Gasteiger partial charge in [0.25, 0.3) is 0 Å². The molecule has 0 unspecified atom stereocenters. The molecule has 1 heterocycles. The highest BCUT2D eigenvalue weighted by Crippen LogP contribution is 2.28. The molecule has 0 aliphatic heterocycles. The zero-order valence-electron chi connectivity index (χ0n) is 14.1. The molecule has 1 aromatic heterocycles. The molecule has 3 rings (SSSR count). The number of hydrogen-bond acceptors (Lipinski definition) is 5. The average molecular weight is 353 g/mol. The van der Waals surface area contributed by atoms with Crippen LogP contribution in [-0.2, 0) is 4.79 Å². The number of anilines is 3. The zero-order valence-corrected chi connectivity index (χ0v) is 14.9. The number of ether oxygens (including phenoxy) is 1. The smallest absolute Gasteiger partial charge is 0.221 e. The lowest BCUT2D eigenvalue weighted by Crippen LogP contribution is -2.05. The molecular formula is C19H19N3O2S. The third-order valence-corrected chi connectivity index (χ3v) is 4.18. The van der Waals surface area contributed by atoms with Gasteiger partial charge in [0.1, 0.15) is 5.75 Å². The van der Waals surface area contributed by atoms with Gasteiger partial charge in [-0.25, -0.2) is 4.98 Å². The maximum absolute atomic E-state index is 11.1. The molecule has 25 heavy (non-hydrogen) atoms. The van der Waals surface area contributed by atoms with E-state index in [4.69, 9.17) is 4.74 Å². The van der Waals surface area contributed by atoms with Crippen molar-refractivity contribution < 1.29 is 9.53 Å². The third kappa shape index (κ3) is 4.58. The summed E-state index contributed by atoms with van der Waals surface area (Å²) in [4.78, 5) is 15.7. The Morgan fingerprint density at radius 2 is 1.76 bits per heavy atom. The predicted molar refractivity (Wildman–Crippen MR) is 103 cm³/mol. The second-order valence-electron chi connectivity index (χ2n) is 5.38. The van der Waals surface area contributed by atoms with Crippen LogP contribution in [0.1, 0.15) is 13.8 Å². The Bertz CT molecular complexity index is 842. The van der Waals surface area contributed by atoms with Crippen LogP contribution in [0.5, 0.6) is 5.75 Å². The van der Waals surface area contributed by atoms with E-state index < -0.39 is 0 Å². The van der Waals surface area contributed by atoms with Crippen LogP contribution in [0, 0.1) is 0 Å². The largest absolute Gasteiger partial charge is 0.494 e. The number of carbonyl (C=O) groups is 1. The van der Waals surface area contributed by atoms with Crippen molar-refractivity contribution in [2.75, 3.05) is 17.2 Å². The first-order chi connectivity index (χ1) is 12.1. The molecule has 0 bridgehead atoms. The molecule has 0 aliphatic rings. The van der Waals surface area contributed by atoms with Crippen LogP contribution in [-0.4, -0.2) is 17.5 Å². The fourth-order valence-electron chi connectivity index (χ4n) is 2.32. The van der Waals surface area contributed by atoms with Gasteiger partial charge in [0.2, 0.25) is 5.91 Å². The predicted octanol–water partition coefficient (Wildman–Crippen LogP) is 4.91. The van der Waals surface area contributed by atoms with Crippen molar-refractivity contribution in [2.45, 2.75) is 13.8 Å². The van der Waals surface area contributed by atoms with Crippen LogP contribution < -0.4 is 15.4 Å². The molecule has 5 nitrogen and oxygen atoms in total. The maximum atomic E-state index is 11.1. The number of nitrogens with zero attached hydrogens (tertiary/aromatic N) is 1. The first-order valence-corrected chi connectivity index (χ1v) is 8.85. The molecule has 0 aliphatic carbocycles. The van der Waals surface area contributed by atoms with Crippen molar-refractivity contribution in [1.29, 1.82) is 0 Å². The topological polar surface area (TPSA) is 63.2 Å². The summed E-state index contributed by atoms with van der Waals surface area (Å²) in [5.41, 5.74) is 3.64. The van der Waals surface area contributed by atoms with E-state index in [-0.39, 0.29) is 5.91 Å². The summed E-state index contributed by atoms with van der Waals surface area (Å²) in [5, 5.41) is 8.88. The Kier molecular flexibility index (Phi) is 5.30.